The quantitative estimate of drug-likeness (QED) is 0.917. The number of amides is 1. The van der Waals surface area contributed by atoms with E-state index in [1.165, 1.54) is 17.8 Å². The Bertz CT molecular complexity index is 652. The van der Waals surface area contributed by atoms with Gasteiger partial charge in [0.15, 0.2) is 0 Å². The number of piperazine rings is 1. The number of hydrogen-bond donors (Lipinski definition) is 1. The molecule has 0 saturated carbocycles. The van der Waals surface area contributed by atoms with Crippen molar-refractivity contribution in [3.05, 3.63) is 60.4 Å². The van der Waals surface area contributed by atoms with E-state index in [1.807, 2.05) is 6.07 Å². The Kier molecular flexibility index (Phi) is 5.43. The highest BCUT2D eigenvalue weighted by Gasteiger charge is 2.17. The number of carbonyl (C=O) groups excluding carboxylic acids is 1. The van der Waals surface area contributed by atoms with Crippen LogP contribution in [0, 0.1) is 5.82 Å². The van der Waals surface area contributed by atoms with Crippen molar-refractivity contribution in [2.45, 2.75) is 6.42 Å². The molecule has 0 aliphatic carbocycles. The predicted molar refractivity (Wildman–Crippen MR) is 94.7 cm³/mol. The van der Waals surface area contributed by atoms with Crippen molar-refractivity contribution in [1.29, 1.82) is 0 Å². The Hall–Kier alpha value is -2.40. The summed E-state index contributed by atoms with van der Waals surface area (Å²) in [5.74, 6) is -0.337. The van der Waals surface area contributed by atoms with Crippen LogP contribution in [-0.4, -0.2) is 43.5 Å². The summed E-state index contributed by atoms with van der Waals surface area (Å²) in [6, 6.07) is 16.2. The van der Waals surface area contributed by atoms with Gasteiger partial charge in [0.25, 0.3) is 0 Å². The number of benzene rings is 2. The molecule has 0 spiro atoms. The number of carbonyl (C=O) groups is 1. The number of para-hydroxylation sites is 1. The maximum absolute atomic E-state index is 12.8. The van der Waals surface area contributed by atoms with E-state index in [-0.39, 0.29) is 11.7 Å². The molecule has 2 aromatic carbocycles. The summed E-state index contributed by atoms with van der Waals surface area (Å²) >= 11 is 0. The van der Waals surface area contributed by atoms with E-state index in [0.717, 1.165) is 32.7 Å². The first-order valence-electron chi connectivity index (χ1n) is 8.28. The number of nitrogens with one attached hydrogen (secondary N) is 1. The fraction of sp³-hybridized carbons (Fsp3) is 0.316. The van der Waals surface area contributed by atoms with Crippen LogP contribution in [0.15, 0.2) is 54.6 Å². The number of halogens is 1. The summed E-state index contributed by atoms with van der Waals surface area (Å²) in [4.78, 5) is 16.7. The monoisotopic (exact) mass is 327 g/mol. The van der Waals surface area contributed by atoms with Crippen LogP contribution in [0.1, 0.15) is 6.42 Å². The van der Waals surface area contributed by atoms with Gasteiger partial charge in [-0.3, -0.25) is 9.69 Å². The first kappa shape index (κ1) is 16.5. The van der Waals surface area contributed by atoms with Crippen molar-refractivity contribution in [2.75, 3.05) is 42.9 Å². The Morgan fingerprint density at radius 1 is 0.958 bits per heavy atom. The van der Waals surface area contributed by atoms with Crippen molar-refractivity contribution in [3.63, 3.8) is 0 Å². The highest BCUT2D eigenvalue weighted by molar-refractivity contribution is 5.90. The average molecular weight is 327 g/mol. The zero-order valence-corrected chi connectivity index (χ0v) is 13.6. The minimum absolute atomic E-state index is 0.0351. The van der Waals surface area contributed by atoms with Gasteiger partial charge in [-0.1, -0.05) is 18.2 Å². The van der Waals surface area contributed by atoms with E-state index < -0.39 is 0 Å². The Morgan fingerprint density at radius 3 is 2.29 bits per heavy atom. The van der Waals surface area contributed by atoms with Gasteiger partial charge < -0.3 is 10.2 Å². The lowest BCUT2D eigenvalue weighted by Gasteiger charge is -2.36. The molecule has 4 nitrogen and oxygen atoms in total. The van der Waals surface area contributed by atoms with Crippen LogP contribution in [0.4, 0.5) is 15.8 Å². The maximum Gasteiger partial charge on any atom is 0.225 e. The normalized spacial score (nSPS) is 15.3. The fourth-order valence-electron chi connectivity index (χ4n) is 2.88. The molecule has 1 saturated heterocycles. The number of anilines is 2. The van der Waals surface area contributed by atoms with Gasteiger partial charge in [-0.2, -0.15) is 0 Å². The first-order valence-corrected chi connectivity index (χ1v) is 8.28. The molecule has 0 unspecified atom stereocenters. The van der Waals surface area contributed by atoms with Gasteiger partial charge in [-0.15, -0.1) is 0 Å². The topological polar surface area (TPSA) is 35.6 Å². The third-order valence-electron chi connectivity index (χ3n) is 4.28. The second-order valence-corrected chi connectivity index (χ2v) is 5.97. The highest BCUT2D eigenvalue weighted by Crippen LogP contribution is 2.15. The zero-order valence-electron chi connectivity index (χ0n) is 13.6. The van der Waals surface area contributed by atoms with E-state index >= 15 is 0 Å². The molecule has 0 atom stereocenters. The second kappa shape index (κ2) is 7.93. The molecule has 3 rings (SSSR count). The van der Waals surface area contributed by atoms with Crippen LogP contribution in [0.25, 0.3) is 0 Å². The van der Waals surface area contributed by atoms with Crippen molar-refractivity contribution in [2.24, 2.45) is 0 Å². The van der Waals surface area contributed by atoms with Gasteiger partial charge in [-0.05, 0) is 36.4 Å². The molecule has 126 valence electrons. The van der Waals surface area contributed by atoms with Crippen LogP contribution in [-0.2, 0) is 4.79 Å². The summed E-state index contributed by atoms with van der Waals surface area (Å²) < 4.78 is 12.8. The second-order valence-electron chi connectivity index (χ2n) is 5.97. The number of hydrogen-bond acceptors (Lipinski definition) is 3. The van der Waals surface area contributed by atoms with Crippen LogP contribution in [0.3, 0.4) is 0 Å². The molecule has 1 N–H and O–H groups in total. The van der Waals surface area contributed by atoms with Crippen molar-refractivity contribution in [3.8, 4) is 0 Å². The number of rotatable bonds is 5. The summed E-state index contributed by atoms with van der Waals surface area (Å²) in [7, 11) is 0. The highest BCUT2D eigenvalue weighted by atomic mass is 19.1. The Balaban J connectivity index is 1.40. The van der Waals surface area contributed by atoms with Gasteiger partial charge in [0, 0.05) is 50.5 Å². The molecule has 0 radical (unpaired) electrons. The molecule has 0 aromatic heterocycles. The van der Waals surface area contributed by atoms with Gasteiger partial charge in [0.05, 0.1) is 0 Å². The van der Waals surface area contributed by atoms with Gasteiger partial charge in [0.2, 0.25) is 5.91 Å². The van der Waals surface area contributed by atoms with Crippen molar-refractivity contribution in [1.82, 2.24) is 4.90 Å². The molecule has 2 aromatic rings. The van der Waals surface area contributed by atoms with Crippen LogP contribution < -0.4 is 10.2 Å². The largest absolute Gasteiger partial charge is 0.369 e. The third-order valence-corrected chi connectivity index (χ3v) is 4.28. The van der Waals surface area contributed by atoms with Gasteiger partial charge >= 0.3 is 0 Å². The average Bonchev–Trinajstić information content (AvgIpc) is 2.63. The summed E-state index contributed by atoms with van der Waals surface area (Å²) in [6.07, 6.45) is 0.447. The number of nitrogens with zero attached hydrogens (tertiary/aromatic N) is 2. The van der Waals surface area contributed by atoms with E-state index in [4.69, 9.17) is 0 Å². The first-order chi connectivity index (χ1) is 11.7. The molecule has 1 aliphatic heterocycles. The minimum Gasteiger partial charge on any atom is -0.369 e. The van der Waals surface area contributed by atoms with Crippen molar-refractivity contribution < 1.29 is 9.18 Å². The lowest BCUT2D eigenvalue weighted by molar-refractivity contribution is -0.116. The third kappa shape index (κ3) is 4.55. The van der Waals surface area contributed by atoms with E-state index in [9.17, 15) is 9.18 Å². The SMILES string of the molecule is O=C(CCN1CCN(c2ccccc2)CC1)Nc1ccc(F)cc1. The molecule has 0 bridgehead atoms. The molecular formula is C19H22FN3O. The zero-order chi connectivity index (χ0) is 16.8. The fourth-order valence-corrected chi connectivity index (χ4v) is 2.88. The van der Waals surface area contributed by atoms with Gasteiger partial charge in [-0.25, -0.2) is 4.39 Å². The van der Waals surface area contributed by atoms with Crippen LogP contribution in [0.5, 0.6) is 0 Å². The van der Waals surface area contributed by atoms with Gasteiger partial charge in [0.1, 0.15) is 5.82 Å². The minimum atomic E-state index is -0.302. The Morgan fingerprint density at radius 2 is 1.62 bits per heavy atom. The van der Waals surface area contributed by atoms with E-state index in [1.54, 1.807) is 12.1 Å². The molecular weight excluding hydrogens is 305 g/mol. The lowest BCUT2D eigenvalue weighted by atomic mass is 10.2. The van der Waals surface area contributed by atoms with E-state index in [2.05, 4.69) is 39.4 Å². The molecule has 1 fully saturated rings. The van der Waals surface area contributed by atoms with Crippen LogP contribution >= 0.6 is 0 Å². The molecule has 1 aliphatic rings. The predicted octanol–water partition coefficient (Wildman–Crippen LogP) is 2.98. The van der Waals surface area contributed by atoms with Crippen LogP contribution in [0.2, 0.25) is 0 Å². The summed E-state index contributed by atoms with van der Waals surface area (Å²) in [5, 5.41) is 2.80. The molecule has 24 heavy (non-hydrogen) atoms. The summed E-state index contributed by atoms with van der Waals surface area (Å²) in [5.41, 5.74) is 1.89. The smallest absolute Gasteiger partial charge is 0.225 e. The lowest BCUT2D eigenvalue weighted by Crippen LogP contribution is -2.47. The molecule has 1 heterocycles. The maximum atomic E-state index is 12.8. The van der Waals surface area contributed by atoms with E-state index in [0.29, 0.717) is 12.1 Å². The summed E-state index contributed by atoms with van der Waals surface area (Å²) in [6.45, 7) is 4.61. The molecule has 1 amide bonds. The standard InChI is InChI=1S/C19H22FN3O/c20-16-6-8-17(9-7-16)21-19(24)10-11-22-12-14-23(15-13-22)18-4-2-1-3-5-18/h1-9H,10-15H2,(H,21,24). The molecule has 5 heteroatoms. The Labute approximate surface area is 141 Å². The van der Waals surface area contributed by atoms with Crippen molar-refractivity contribution >= 4 is 17.3 Å².